The van der Waals surface area contributed by atoms with Crippen LogP contribution in [0.15, 0.2) is 18.2 Å². The first-order valence-corrected chi connectivity index (χ1v) is 5.17. The zero-order valence-corrected chi connectivity index (χ0v) is 9.17. The number of fused-ring (bicyclic) bond motifs is 1. The summed E-state index contributed by atoms with van der Waals surface area (Å²) in [5.41, 5.74) is 9.98. The summed E-state index contributed by atoms with van der Waals surface area (Å²) in [6.07, 6.45) is 6.26. The van der Waals surface area contributed by atoms with E-state index in [0.29, 0.717) is 0 Å². The van der Waals surface area contributed by atoms with Crippen molar-refractivity contribution in [2.75, 3.05) is 5.73 Å². The van der Waals surface area contributed by atoms with Crippen LogP contribution >= 0.6 is 0 Å². The minimum absolute atomic E-state index is 0.809. The Hall–Kier alpha value is -1.31. The van der Waals surface area contributed by atoms with Gasteiger partial charge >= 0.3 is 0 Å². The molecular weight excluding hydrogens is 172 g/mol. The Morgan fingerprint density at radius 2 is 1.86 bits per heavy atom. The second-order valence-electron chi connectivity index (χ2n) is 3.15. The molecule has 2 N–H and O–H groups in total. The molecule has 2 nitrogen and oxygen atoms in total. The van der Waals surface area contributed by atoms with Crippen LogP contribution < -0.4 is 5.73 Å². The maximum atomic E-state index is 5.76. The maximum absolute atomic E-state index is 5.76. The number of nitrogens with two attached hydrogens (primary N) is 1. The third-order valence-electron chi connectivity index (χ3n) is 2.24. The van der Waals surface area contributed by atoms with Gasteiger partial charge in [-0.05, 0) is 25.0 Å². The van der Waals surface area contributed by atoms with Gasteiger partial charge in [0.05, 0.1) is 11.4 Å². The Labute approximate surface area is 85.9 Å². The van der Waals surface area contributed by atoms with Crippen LogP contribution in [0, 0.1) is 6.92 Å². The average molecular weight is 190 g/mol. The topological polar surface area (TPSA) is 38.9 Å². The van der Waals surface area contributed by atoms with Gasteiger partial charge in [0, 0.05) is 12.1 Å². The molecule has 0 bridgehead atoms. The SMILES string of the molecule is CC.Cc1nc2c(cc1N)CC=CC2. The van der Waals surface area contributed by atoms with E-state index in [-0.39, 0.29) is 0 Å². The molecule has 2 heteroatoms. The van der Waals surface area contributed by atoms with Crippen molar-refractivity contribution in [3.63, 3.8) is 0 Å². The maximum Gasteiger partial charge on any atom is 0.0605 e. The zero-order valence-electron chi connectivity index (χ0n) is 9.17. The zero-order chi connectivity index (χ0) is 10.6. The van der Waals surface area contributed by atoms with Gasteiger partial charge in [0.2, 0.25) is 0 Å². The lowest BCUT2D eigenvalue weighted by Gasteiger charge is -2.11. The smallest absolute Gasteiger partial charge is 0.0605 e. The minimum Gasteiger partial charge on any atom is -0.397 e. The standard InChI is InChI=1S/C10H12N2.C2H6/c1-7-9(11)6-8-4-2-3-5-10(8)12-7;1-2/h2-3,6H,4-5,11H2,1H3;1-2H3. The number of rotatable bonds is 0. The van der Waals surface area contributed by atoms with Crippen molar-refractivity contribution in [3.05, 3.63) is 35.2 Å². The summed E-state index contributed by atoms with van der Waals surface area (Å²) in [6, 6.07) is 2.04. The Morgan fingerprint density at radius 1 is 1.21 bits per heavy atom. The molecule has 0 amide bonds. The summed E-state index contributed by atoms with van der Waals surface area (Å²) >= 11 is 0. The molecule has 0 saturated heterocycles. The number of nitrogens with zero attached hydrogens (tertiary/aromatic N) is 1. The molecule has 0 spiro atoms. The summed E-state index contributed by atoms with van der Waals surface area (Å²) in [6.45, 7) is 5.95. The molecule has 0 saturated carbocycles. The van der Waals surface area contributed by atoms with Crippen molar-refractivity contribution >= 4 is 5.69 Å². The molecule has 1 aliphatic rings. The van der Waals surface area contributed by atoms with Crippen LogP contribution in [0.25, 0.3) is 0 Å². The first-order valence-electron chi connectivity index (χ1n) is 5.17. The average Bonchev–Trinajstić information content (AvgIpc) is 2.23. The molecule has 76 valence electrons. The molecule has 0 unspecified atom stereocenters. The second-order valence-corrected chi connectivity index (χ2v) is 3.15. The summed E-state index contributed by atoms with van der Waals surface area (Å²) in [5, 5.41) is 0. The molecule has 1 heterocycles. The largest absolute Gasteiger partial charge is 0.397 e. The molecule has 14 heavy (non-hydrogen) atoms. The van der Waals surface area contributed by atoms with E-state index in [1.54, 1.807) is 0 Å². The molecule has 0 aliphatic heterocycles. The van der Waals surface area contributed by atoms with E-state index in [2.05, 4.69) is 17.1 Å². The fourth-order valence-corrected chi connectivity index (χ4v) is 1.47. The van der Waals surface area contributed by atoms with Gasteiger partial charge in [0.25, 0.3) is 0 Å². The highest BCUT2D eigenvalue weighted by atomic mass is 14.8. The van der Waals surface area contributed by atoms with Crippen molar-refractivity contribution in [3.8, 4) is 0 Å². The number of anilines is 1. The molecule has 2 rings (SSSR count). The molecule has 1 aromatic heterocycles. The van der Waals surface area contributed by atoms with Gasteiger partial charge in [-0.25, -0.2) is 0 Å². The van der Waals surface area contributed by atoms with E-state index in [1.807, 2.05) is 26.8 Å². The molecule has 0 atom stereocenters. The second kappa shape index (κ2) is 4.80. The van der Waals surface area contributed by atoms with Crippen LogP contribution in [0.1, 0.15) is 30.8 Å². The third kappa shape index (κ3) is 2.13. The van der Waals surface area contributed by atoms with Crippen LogP contribution in [0.3, 0.4) is 0 Å². The summed E-state index contributed by atoms with van der Waals surface area (Å²) < 4.78 is 0. The van der Waals surface area contributed by atoms with E-state index >= 15 is 0 Å². The van der Waals surface area contributed by atoms with Gasteiger partial charge in [-0.3, -0.25) is 4.98 Å². The van der Waals surface area contributed by atoms with Gasteiger partial charge in [-0.15, -0.1) is 0 Å². The van der Waals surface area contributed by atoms with E-state index < -0.39 is 0 Å². The van der Waals surface area contributed by atoms with E-state index in [4.69, 9.17) is 5.73 Å². The van der Waals surface area contributed by atoms with Crippen LogP contribution in [0.5, 0.6) is 0 Å². The van der Waals surface area contributed by atoms with Crippen molar-refractivity contribution in [2.45, 2.75) is 33.6 Å². The lowest BCUT2D eigenvalue weighted by molar-refractivity contribution is 0.981. The van der Waals surface area contributed by atoms with Gasteiger partial charge in [0.15, 0.2) is 0 Å². The predicted molar refractivity (Wildman–Crippen MR) is 61.3 cm³/mol. The van der Waals surface area contributed by atoms with E-state index in [9.17, 15) is 0 Å². The van der Waals surface area contributed by atoms with Crippen molar-refractivity contribution < 1.29 is 0 Å². The number of allylic oxidation sites excluding steroid dienone is 2. The van der Waals surface area contributed by atoms with Crippen LogP contribution in [-0.2, 0) is 12.8 Å². The lowest BCUT2D eigenvalue weighted by atomic mass is 10.0. The quantitative estimate of drug-likeness (QED) is 0.639. The van der Waals surface area contributed by atoms with Gasteiger partial charge in [-0.2, -0.15) is 0 Å². The fraction of sp³-hybridized carbons (Fsp3) is 0.417. The first kappa shape index (κ1) is 10.8. The van der Waals surface area contributed by atoms with Crippen LogP contribution in [-0.4, -0.2) is 4.98 Å². The highest BCUT2D eigenvalue weighted by Gasteiger charge is 2.07. The van der Waals surface area contributed by atoms with Crippen LogP contribution in [0.2, 0.25) is 0 Å². The van der Waals surface area contributed by atoms with Crippen molar-refractivity contribution in [1.29, 1.82) is 0 Å². The highest BCUT2D eigenvalue weighted by Crippen LogP contribution is 2.19. The normalized spacial score (nSPS) is 12.8. The lowest BCUT2D eigenvalue weighted by Crippen LogP contribution is -2.04. The summed E-state index contributed by atoms with van der Waals surface area (Å²) in [5.74, 6) is 0. The van der Waals surface area contributed by atoms with Crippen molar-refractivity contribution in [1.82, 2.24) is 4.98 Å². The molecule has 1 aromatic rings. The minimum atomic E-state index is 0.809. The predicted octanol–water partition coefficient (Wildman–Crippen LogP) is 2.65. The number of nitrogen functional groups attached to an aromatic ring is 1. The van der Waals surface area contributed by atoms with Gasteiger partial charge in [-0.1, -0.05) is 26.0 Å². The monoisotopic (exact) mass is 190 g/mol. The van der Waals surface area contributed by atoms with E-state index in [1.165, 1.54) is 11.3 Å². The Bertz CT molecular complexity index is 307. The number of aryl methyl sites for hydroxylation is 1. The molecule has 1 aliphatic carbocycles. The number of aromatic nitrogens is 1. The third-order valence-corrected chi connectivity index (χ3v) is 2.24. The molecule has 0 fully saturated rings. The van der Waals surface area contributed by atoms with Gasteiger partial charge < -0.3 is 5.73 Å². The Morgan fingerprint density at radius 3 is 2.57 bits per heavy atom. The molecule has 0 aromatic carbocycles. The first-order chi connectivity index (χ1) is 6.77. The summed E-state index contributed by atoms with van der Waals surface area (Å²) in [7, 11) is 0. The van der Waals surface area contributed by atoms with Crippen LogP contribution in [0.4, 0.5) is 5.69 Å². The highest BCUT2D eigenvalue weighted by molar-refractivity contribution is 5.47. The van der Waals surface area contributed by atoms with E-state index in [0.717, 1.165) is 24.2 Å². The number of hydrogen-bond acceptors (Lipinski definition) is 2. The fourth-order valence-electron chi connectivity index (χ4n) is 1.47. The molecule has 0 radical (unpaired) electrons. The van der Waals surface area contributed by atoms with Crippen molar-refractivity contribution in [2.24, 2.45) is 0 Å². The Kier molecular flexibility index (Phi) is 3.69. The number of pyridine rings is 1. The summed E-state index contributed by atoms with van der Waals surface area (Å²) in [4.78, 5) is 4.44. The Balaban J connectivity index is 0.000000461. The van der Waals surface area contributed by atoms with Gasteiger partial charge in [0.1, 0.15) is 0 Å². The molecular formula is C12H18N2. The number of hydrogen-bond donors (Lipinski definition) is 1.